The van der Waals surface area contributed by atoms with E-state index in [1.54, 1.807) is 24.1 Å². The highest BCUT2D eigenvalue weighted by atomic mass is 16.5. The van der Waals surface area contributed by atoms with Gasteiger partial charge in [0.15, 0.2) is 0 Å². The fourth-order valence-corrected chi connectivity index (χ4v) is 6.03. The van der Waals surface area contributed by atoms with Crippen LogP contribution in [0.1, 0.15) is 76.0 Å². The van der Waals surface area contributed by atoms with Crippen LogP contribution >= 0.6 is 0 Å². The molecule has 9 nitrogen and oxygen atoms in total. The van der Waals surface area contributed by atoms with Crippen molar-refractivity contribution in [3.8, 4) is 16.9 Å². The SMILES string of the molecule is CCCCn1c(=O)c(N(C(N)=O)c2c(C(C)C)cc(NCc3cccnc3)cc2C(C)C)c(-c2cccc(OC)c2)c2cccnc21. The number of amides is 2. The van der Waals surface area contributed by atoms with Crippen molar-refractivity contribution < 1.29 is 9.53 Å². The molecule has 244 valence electrons. The minimum absolute atomic E-state index is 0.00537. The van der Waals surface area contributed by atoms with Crippen molar-refractivity contribution in [2.75, 3.05) is 17.3 Å². The summed E-state index contributed by atoms with van der Waals surface area (Å²) in [4.78, 5) is 39.1. The average molecular weight is 633 g/mol. The number of fused-ring (bicyclic) bond motifs is 1. The second-order valence-corrected chi connectivity index (χ2v) is 12.3. The fraction of sp³-hybridized carbons (Fsp3) is 0.316. The van der Waals surface area contributed by atoms with Crippen molar-refractivity contribution >= 4 is 34.1 Å². The number of aryl methyl sites for hydroxylation is 1. The van der Waals surface area contributed by atoms with E-state index in [2.05, 4.69) is 62.0 Å². The maximum atomic E-state index is 14.9. The fourth-order valence-electron chi connectivity index (χ4n) is 6.03. The van der Waals surface area contributed by atoms with E-state index in [0.29, 0.717) is 35.7 Å². The summed E-state index contributed by atoms with van der Waals surface area (Å²) in [5.74, 6) is 0.615. The van der Waals surface area contributed by atoms with Gasteiger partial charge in [-0.05, 0) is 83.0 Å². The Morgan fingerprint density at radius 2 is 1.70 bits per heavy atom. The number of unbranched alkanes of at least 4 members (excludes halogenated alkanes) is 1. The molecule has 2 aromatic carbocycles. The van der Waals surface area contributed by atoms with E-state index in [4.69, 9.17) is 10.5 Å². The molecule has 0 fully saturated rings. The number of benzene rings is 2. The minimum Gasteiger partial charge on any atom is -0.497 e. The zero-order valence-electron chi connectivity index (χ0n) is 28.1. The Balaban J connectivity index is 1.85. The Hall–Kier alpha value is -5.18. The third kappa shape index (κ3) is 6.84. The number of ether oxygens (including phenoxy) is 1. The number of nitrogens with one attached hydrogen (secondary N) is 1. The molecule has 47 heavy (non-hydrogen) atoms. The van der Waals surface area contributed by atoms with Gasteiger partial charge in [0.25, 0.3) is 5.56 Å². The third-order valence-electron chi connectivity index (χ3n) is 8.39. The number of hydrogen-bond acceptors (Lipinski definition) is 6. The Kier molecular flexibility index (Phi) is 10.2. The summed E-state index contributed by atoms with van der Waals surface area (Å²) >= 11 is 0. The highest BCUT2D eigenvalue weighted by Gasteiger charge is 2.32. The number of anilines is 3. The Morgan fingerprint density at radius 3 is 2.32 bits per heavy atom. The third-order valence-corrected chi connectivity index (χ3v) is 8.39. The molecule has 0 spiro atoms. The van der Waals surface area contributed by atoms with E-state index in [1.165, 1.54) is 4.90 Å². The number of urea groups is 1. The summed E-state index contributed by atoms with van der Waals surface area (Å²) in [5.41, 5.74) is 12.4. The van der Waals surface area contributed by atoms with Crippen LogP contribution in [-0.2, 0) is 13.1 Å². The highest BCUT2D eigenvalue weighted by molar-refractivity contribution is 6.09. The maximum absolute atomic E-state index is 14.9. The molecular formula is C38H44N6O3. The first-order chi connectivity index (χ1) is 22.7. The summed E-state index contributed by atoms with van der Waals surface area (Å²) in [6.45, 7) is 11.4. The van der Waals surface area contributed by atoms with E-state index in [-0.39, 0.29) is 23.1 Å². The van der Waals surface area contributed by atoms with Crippen molar-refractivity contribution in [3.63, 3.8) is 0 Å². The first-order valence-corrected chi connectivity index (χ1v) is 16.2. The second kappa shape index (κ2) is 14.5. The van der Waals surface area contributed by atoms with Crippen molar-refractivity contribution in [1.82, 2.24) is 14.5 Å². The van der Waals surface area contributed by atoms with Crippen LogP contribution in [0.5, 0.6) is 5.75 Å². The van der Waals surface area contributed by atoms with Crippen LogP contribution in [0.25, 0.3) is 22.2 Å². The van der Waals surface area contributed by atoms with Gasteiger partial charge in [-0.3, -0.25) is 19.2 Å². The smallest absolute Gasteiger partial charge is 0.324 e. The summed E-state index contributed by atoms with van der Waals surface area (Å²) in [6.07, 6.45) is 6.93. The number of primary amides is 1. The molecule has 0 aliphatic carbocycles. The van der Waals surface area contributed by atoms with Gasteiger partial charge in [-0.2, -0.15) is 0 Å². The highest BCUT2D eigenvalue weighted by Crippen LogP contribution is 2.45. The van der Waals surface area contributed by atoms with Crippen LogP contribution in [0, 0.1) is 0 Å². The molecule has 0 saturated carbocycles. The molecule has 0 aliphatic rings. The lowest BCUT2D eigenvalue weighted by Gasteiger charge is -2.31. The lowest BCUT2D eigenvalue weighted by Crippen LogP contribution is -2.39. The van der Waals surface area contributed by atoms with E-state index in [1.807, 2.05) is 54.7 Å². The Labute approximate surface area is 276 Å². The summed E-state index contributed by atoms with van der Waals surface area (Å²) in [5, 5.41) is 4.28. The van der Waals surface area contributed by atoms with Crippen LogP contribution in [0.3, 0.4) is 0 Å². The first-order valence-electron chi connectivity index (χ1n) is 16.2. The van der Waals surface area contributed by atoms with Crippen molar-refractivity contribution in [2.24, 2.45) is 5.73 Å². The predicted octanol–water partition coefficient (Wildman–Crippen LogP) is 8.34. The Bertz CT molecular complexity index is 1910. The standard InChI is InChI=1S/C38H44N6O3/c1-7-8-18-43-36-30(15-11-17-41-36)33(27-13-9-14-29(19-27)47-6)35(37(43)45)44(38(39)46)34-31(24(2)3)20-28(21-32(34)25(4)5)42-23-26-12-10-16-40-22-26/h9-17,19-22,24-25,42H,7-8,18,23H2,1-6H3,(H2,39,46). The number of nitrogens with zero attached hydrogens (tertiary/aromatic N) is 4. The molecule has 3 N–H and O–H groups in total. The minimum atomic E-state index is -0.739. The van der Waals surface area contributed by atoms with Gasteiger partial charge in [0.05, 0.1) is 12.8 Å². The lowest BCUT2D eigenvalue weighted by molar-refractivity contribution is 0.256. The van der Waals surface area contributed by atoms with Gasteiger partial charge >= 0.3 is 6.03 Å². The molecule has 0 saturated heterocycles. The van der Waals surface area contributed by atoms with Gasteiger partial charge in [0, 0.05) is 48.3 Å². The van der Waals surface area contributed by atoms with Gasteiger partial charge in [-0.15, -0.1) is 0 Å². The van der Waals surface area contributed by atoms with Crippen molar-refractivity contribution in [3.05, 3.63) is 106 Å². The number of aromatic nitrogens is 3. The van der Waals surface area contributed by atoms with Gasteiger partial charge in [-0.1, -0.05) is 59.2 Å². The molecule has 0 radical (unpaired) electrons. The van der Waals surface area contributed by atoms with Crippen LogP contribution in [0.15, 0.2) is 84.0 Å². The van der Waals surface area contributed by atoms with Crippen LogP contribution in [0.2, 0.25) is 0 Å². The van der Waals surface area contributed by atoms with Gasteiger partial charge in [-0.25, -0.2) is 9.78 Å². The summed E-state index contributed by atoms with van der Waals surface area (Å²) < 4.78 is 7.26. The largest absolute Gasteiger partial charge is 0.497 e. The zero-order chi connectivity index (χ0) is 33.7. The molecule has 5 aromatic rings. The number of hydrogen-bond donors (Lipinski definition) is 2. The number of nitrogens with two attached hydrogens (primary N) is 1. The maximum Gasteiger partial charge on any atom is 0.324 e. The second-order valence-electron chi connectivity index (χ2n) is 12.3. The van der Waals surface area contributed by atoms with Crippen LogP contribution in [0.4, 0.5) is 21.9 Å². The van der Waals surface area contributed by atoms with Crippen molar-refractivity contribution in [2.45, 2.75) is 72.4 Å². The number of carbonyl (C=O) groups excluding carboxylic acids is 1. The number of rotatable bonds is 12. The van der Waals surface area contributed by atoms with Crippen LogP contribution < -0.4 is 26.2 Å². The molecule has 0 unspecified atom stereocenters. The van der Waals surface area contributed by atoms with Gasteiger partial charge < -0.3 is 15.8 Å². The molecule has 3 aromatic heterocycles. The summed E-state index contributed by atoms with van der Waals surface area (Å²) in [6, 6.07) is 18.6. The number of pyridine rings is 3. The van der Waals surface area contributed by atoms with Gasteiger partial charge in [0.1, 0.15) is 17.1 Å². The molecule has 0 atom stereocenters. The van der Waals surface area contributed by atoms with E-state index < -0.39 is 6.03 Å². The zero-order valence-corrected chi connectivity index (χ0v) is 28.1. The molecule has 5 rings (SSSR count). The molecular weight excluding hydrogens is 588 g/mol. The quantitative estimate of drug-likeness (QED) is 0.143. The van der Waals surface area contributed by atoms with Crippen molar-refractivity contribution in [1.29, 1.82) is 0 Å². The van der Waals surface area contributed by atoms with E-state index >= 15 is 0 Å². The number of carbonyl (C=O) groups is 1. The topological polar surface area (TPSA) is 115 Å². The van der Waals surface area contributed by atoms with Gasteiger partial charge in [0.2, 0.25) is 0 Å². The van der Waals surface area contributed by atoms with E-state index in [9.17, 15) is 9.59 Å². The normalized spacial score (nSPS) is 11.3. The molecule has 9 heteroatoms. The predicted molar refractivity (Wildman–Crippen MR) is 191 cm³/mol. The first kappa shape index (κ1) is 33.2. The monoisotopic (exact) mass is 632 g/mol. The molecule has 0 bridgehead atoms. The number of methoxy groups -OCH3 is 1. The lowest BCUT2D eigenvalue weighted by atomic mass is 9.90. The Morgan fingerprint density at radius 1 is 0.979 bits per heavy atom. The molecule has 3 heterocycles. The molecule has 0 aliphatic heterocycles. The molecule has 2 amide bonds. The summed E-state index contributed by atoms with van der Waals surface area (Å²) in [7, 11) is 1.60. The van der Waals surface area contributed by atoms with E-state index in [0.717, 1.165) is 46.2 Å². The average Bonchev–Trinajstić information content (AvgIpc) is 3.07. The van der Waals surface area contributed by atoms with Crippen LogP contribution in [-0.4, -0.2) is 27.7 Å².